The van der Waals surface area contributed by atoms with E-state index in [1.165, 1.54) is 16.6 Å². The van der Waals surface area contributed by atoms with Crippen LogP contribution in [0, 0.1) is 0 Å². The van der Waals surface area contributed by atoms with Crippen molar-refractivity contribution < 1.29 is 4.74 Å². The lowest BCUT2D eigenvalue weighted by Crippen LogP contribution is -2.15. The van der Waals surface area contributed by atoms with Crippen LogP contribution >= 0.6 is 15.9 Å². The second-order valence-corrected chi connectivity index (χ2v) is 4.94. The molecular formula is C13H17BrN2O. The second-order valence-electron chi connectivity index (χ2n) is 4.15. The normalized spacial score (nSPS) is 13.0. The van der Waals surface area contributed by atoms with Crippen LogP contribution in [0.4, 0.5) is 0 Å². The molecule has 2 rings (SSSR count). The molecule has 1 N–H and O–H groups in total. The SMILES string of the molecule is CNC(C)c1c(Br)c2cc(OC)ccc2n1C. The summed E-state index contributed by atoms with van der Waals surface area (Å²) in [5.41, 5.74) is 2.45. The van der Waals surface area contributed by atoms with Crippen LogP contribution in [0.15, 0.2) is 22.7 Å². The molecule has 1 aromatic carbocycles. The smallest absolute Gasteiger partial charge is 0.119 e. The molecular weight excluding hydrogens is 280 g/mol. The quantitative estimate of drug-likeness (QED) is 0.941. The first-order valence-corrected chi connectivity index (χ1v) is 6.38. The predicted molar refractivity (Wildman–Crippen MR) is 74.6 cm³/mol. The van der Waals surface area contributed by atoms with Crippen molar-refractivity contribution in [2.75, 3.05) is 14.2 Å². The van der Waals surface area contributed by atoms with Crippen molar-refractivity contribution in [2.45, 2.75) is 13.0 Å². The molecule has 0 fully saturated rings. The Bertz CT molecular complexity index is 548. The molecule has 0 radical (unpaired) electrons. The van der Waals surface area contributed by atoms with Gasteiger partial charge in [0.15, 0.2) is 0 Å². The van der Waals surface area contributed by atoms with Crippen LogP contribution in [0.2, 0.25) is 0 Å². The van der Waals surface area contributed by atoms with Crippen molar-refractivity contribution >= 4 is 26.8 Å². The zero-order valence-electron chi connectivity index (χ0n) is 10.5. The number of benzene rings is 1. The molecule has 0 aliphatic rings. The average molecular weight is 297 g/mol. The van der Waals surface area contributed by atoms with E-state index in [1.807, 2.05) is 13.1 Å². The number of hydrogen-bond acceptors (Lipinski definition) is 2. The number of fused-ring (bicyclic) bond motifs is 1. The molecule has 0 aliphatic carbocycles. The third kappa shape index (κ3) is 1.96. The first-order valence-electron chi connectivity index (χ1n) is 5.59. The van der Waals surface area contributed by atoms with Gasteiger partial charge in [-0.25, -0.2) is 0 Å². The molecule has 1 atom stereocenters. The first-order chi connectivity index (χ1) is 8.10. The summed E-state index contributed by atoms with van der Waals surface area (Å²) in [6, 6.07) is 6.44. The largest absolute Gasteiger partial charge is 0.497 e. The Morgan fingerprint density at radius 1 is 1.41 bits per heavy atom. The lowest BCUT2D eigenvalue weighted by atomic mass is 10.2. The van der Waals surface area contributed by atoms with Crippen molar-refractivity contribution in [3.8, 4) is 5.75 Å². The number of halogens is 1. The van der Waals surface area contributed by atoms with E-state index in [-0.39, 0.29) is 0 Å². The summed E-state index contributed by atoms with van der Waals surface area (Å²) in [5.74, 6) is 0.882. The number of hydrogen-bond donors (Lipinski definition) is 1. The van der Waals surface area contributed by atoms with Gasteiger partial charge >= 0.3 is 0 Å². The van der Waals surface area contributed by atoms with Gasteiger partial charge in [0.05, 0.1) is 7.11 Å². The number of rotatable bonds is 3. The summed E-state index contributed by atoms with van der Waals surface area (Å²) in [7, 11) is 5.74. The van der Waals surface area contributed by atoms with Crippen molar-refractivity contribution in [3.05, 3.63) is 28.4 Å². The van der Waals surface area contributed by atoms with Crippen LogP contribution < -0.4 is 10.1 Å². The summed E-state index contributed by atoms with van der Waals surface area (Å²) < 4.78 is 8.61. The molecule has 17 heavy (non-hydrogen) atoms. The number of aromatic nitrogens is 1. The molecule has 0 spiro atoms. The maximum absolute atomic E-state index is 5.27. The van der Waals surface area contributed by atoms with Crippen LogP contribution in [0.25, 0.3) is 10.9 Å². The van der Waals surface area contributed by atoms with Gasteiger partial charge in [0.2, 0.25) is 0 Å². The highest BCUT2D eigenvalue weighted by Gasteiger charge is 2.17. The van der Waals surface area contributed by atoms with Gasteiger partial charge < -0.3 is 14.6 Å². The van der Waals surface area contributed by atoms with Crippen LogP contribution in [0.5, 0.6) is 5.75 Å². The lowest BCUT2D eigenvalue weighted by molar-refractivity contribution is 0.415. The Hall–Kier alpha value is -1.00. The summed E-state index contributed by atoms with van der Waals surface area (Å²) in [6.07, 6.45) is 0. The van der Waals surface area contributed by atoms with Crippen molar-refractivity contribution in [2.24, 2.45) is 7.05 Å². The number of nitrogens with zero attached hydrogens (tertiary/aromatic N) is 1. The van der Waals surface area contributed by atoms with Crippen molar-refractivity contribution in [1.82, 2.24) is 9.88 Å². The molecule has 0 bridgehead atoms. The first kappa shape index (κ1) is 12.5. The fourth-order valence-corrected chi connectivity index (χ4v) is 3.07. The second kappa shape index (κ2) is 4.70. The fraction of sp³-hybridized carbons (Fsp3) is 0.385. The third-order valence-corrected chi connectivity index (χ3v) is 4.06. The highest BCUT2D eigenvalue weighted by Crippen LogP contribution is 2.35. The third-order valence-electron chi connectivity index (χ3n) is 3.23. The van der Waals surface area contributed by atoms with Crippen LogP contribution in [0.1, 0.15) is 18.7 Å². The van der Waals surface area contributed by atoms with Gasteiger partial charge in [-0.1, -0.05) is 0 Å². The average Bonchev–Trinajstić information content (AvgIpc) is 2.60. The minimum Gasteiger partial charge on any atom is -0.497 e. The van der Waals surface area contributed by atoms with Crippen molar-refractivity contribution in [1.29, 1.82) is 0 Å². The van der Waals surface area contributed by atoms with E-state index in [0.29, 0.717) is 6.04 Å². The van der Waals surface area contributed by atoms with E-state index >= 15 is 0 Å². The summed E-state index contributed by atoms with van der Waals surface area (Å²) in [6.45, 7) is 2.15. The summed E-state index contributed by atoms with van der Waals surface area (Å²) in [5, 5.41) is 4.45. The van der Waals surface area contributed by atoms with E-state index in [0.717, 1.165) is 10.2 Å². The van der Waals surface area contributed by atoms with E-state index < -0.39 is 0 Å². The molecule has 0 amide bonds. The van der Waals surface area contributed by atoms with Gasteiger partial charge in [-0.2, -0.15) is 0 Å². The standard InChI is InChI=1S/C13H17BrN2O/c1-8(15-2)13-12(14)10-7-9(17-4)5-6-11(10)16(13)3/h5-8,15H,1-4H3. The molecule has 0 aliphatic heterocycles. The molecule has 1 heterocycles. The zero-order valence-corrected chi connectivity index (χ0v) is 12.1. The van der Waals surface area contributed by atoms with E-state index in [9.17, 15) is 0 Å². The maximum atomic E-state index is 5.27. The number of aryl methyl sites for hydroxylation is 1. The van der Waals surface area contributed by atoms with Crippen LogP contribution in [0.3, 0.4) is 0 Å². The molecule has 1 unspecified atom stereocenters. The predicted octanol–water partition coefficient (Wildman–Crippen LogP) is 3.23. The highest BCUT2D eigenvalue weighted by molar-refractivity contribution is 9.10. The van der Waals surface area contributed by atoms with Crippen molar-refractivity contribution in [3.63, 3.8) is 0 Å². The molecule has 3 nitrogen and oxygen atoms in total. The lowest BCUT2D eigenvalue weighted by Gasteiger charge is -2.12. The Kier molecular flexibility index (Phi) is 3.45. The molecule has 0 saturated carbocycles. The Labute approximate surface area is 110 Å². The maximum Gasteiger partial charge on any atom is 0.119 e. The van der Waals surface area contributed by atoms with Gasteiger partial charge in [-0.15, -0.1) is 0 Å². The molecule has 1 aromatic heterocycles. The van der Waals surface area contributed by atoms with Gasteiger partial charge in [0.1, 0.15) is 5.75 Å². The van der Waals surface area contributed by atoms with Gasteiger partial charge in [-0.05, 0) is 48.1 Å². The van der Waals surface area contributed by atoms with E-state index in [1.54, 1.807) is 7.11 Å². The molecule has 2 aromatic rings. The Balaban J connectivity index is 2.71. The topological polar surface area (TPSA) is 26.2 Å². The fourth-order valence-electron chi connectivity index (χ4n) is 2.14. The minimum absolute atomic E-state index is 0.299. The highest BCUT2D eigenvalue weighted by atomic mass is 79.9. The van der Waals surface area contributed by atoms with Gasteiger partial charge in [0, 0.05) is 34.2 Å². The number of methoxy groups -OCH3 is 1. The van der Waals surface area contributed by atoms with E-state index in [4.69, 9.17) is 4.74 Å². The molecule has 92 valence electrons. The monoisotopic (exact) mass is 296 g/mol. The molecule has 4 heteroatoms. The van der Waals surface area contributed by atoms with Gasteiger partial charge in [-0.3, -0.25) is 0 Å². The van der Waals surface area contributed by atoms with E-state index in [2.05, 4.69) is 51.9 Å². The zero-order chi connectivity index (χ0) is 12.6. The minimum atomic E-state index is 0.299. The molecule has 0 saturated heterocycles. The number of ether oxygens (including phenoxy) is 1. The summed E-state index contributed by atoms with van der Waals surface area (Å²) in [4.78, 5) is 0. The van der Waals surface area contributed by atoms with Crippen LogP contribution in [-0.2, 0) is 7.05 Å². The van der Waals surface area contributed by atoms with Gasteiger partial charge in [0.25, 0.3) is 0 Å². The Morgan fingerprint density at radius 2 is 2.12 bits per heavy atom. The summed E-state index contributed by atoms with van der Waals surface area (Å²) >= 11 is 3.69. The number of nitrogens with one attached hydrogen (secondary N) is 1. The Morgan fingerprint density at radius 3 is 2.71 bits per heavy atom. The van der Waals surface area contributed by atoms with Crippen LogP contribution in [-0.4, -0.2) is 18.7 Å².